The lowest BCUT2D eigenvalue weighted by Gasteiger charge is -2.40. The van der Waals surface area contributed by atoms with Gasteiger partial charge in [-0.1, -0.05) is 17.7 Å². The zero-order valence-electron chi connectivity index (χ0n) is 9.19. The van der Waals surface area contributed by atoms with Crippen LogP contribution in [0.3, 0.4) is 0 Å². The molecule has 0 unspecified atom stereocenters. The van der Waals surface area contributed by atoms with Crippen molar-refractivity contribution in [1.82, 2.24) is 5.32 Å². The molecule has 1 saturated heterocycles. The van der Waals surface area contributed by atoms with Gasteiger partial charge in [0, 0.05) is 18.0 Å². The Morgan fingerprint density at radius 1 is 1.44 bits per heavy atom. The van der Waals surface area contributed by atoms with Crippen LogP contribution in [0.15, 0.2) is 29.2 Å². The number of hydrogen-bond donors (Lipinski definition) is 2. The van der Waals surface area contributed by atoms with E-state index in [2.05, 4.69) is 29.6 Å². The first-order chi connectivity index (χ1) is 7.60. The van der Waals surface area contributed by atoms with Crippen molar-refractivity contribution >= 4 is 17.7 Å². The number of aliphatic carboxylic acids is 1. The van der Waals surface area contributed by atoms with Gasteiger partial charge in [-0.15, -0.1) is 11.8 Å². The minimum Gasteiger partial charge on any atom is -0.481 e. The number of nitrogens with one attached hydrogen (secondary N) is 1. The number of aryl methyl sites for hydroxylation is 1. The first kappa shape index (κ1) is 11.5. The van der Waals surface area contributed by atoms with E-state index in [4.69, 9.17) is 5.11 Å². The van der Waals surface area contributed by atoms with Crippen LogP contribution >= 0.6 is 11.8 Å². The third kappa shape index (κ3) is 2.57. The summed E-state index contributed by atoms with van der Waals surface area (Å²) in [5.41, 5.74) is 1.23. The van der Waals surface area contributed by atoms with Crippen LogP contribution in [0.1, 0.15) is 12.0 Å². The maximum absolute atomic E-state index is 10.8. The topological polar surface area (TPSA) is 49.3 Å². The Balaban J connectivity index is 2.06. The summed E-state index contributed by atoms with van der Waals surface area (Å²) in [6.07, 6.45) is 0.221. The highest BCUT2D eigenvalue weighted by Crippen LogP contribution is 2.38. The fourth-order valence-corrected chi connectivity index (χ4v) is 3.09. The zero-order chi connectivity index (χ0) is 11.6. The van der Waals surface area contributed by atoms with Crippen molar-refractivity contribution in [2.45, 2.75) is 23.0 Å². The van der Waals surface area contributed by atoms with E-state index in [1.54, 1.807) is 11.8 Å². The molecule has 0 bridgehead atoms. The number of thioether (sulfide) groups is 1. The molecule has 3 nitrogen and oxygen atoms in total. The van der Waals surface area contributed by atoms with Crippen LogP contribution in [0, 0.1) is 6.92 Å². The zero-order valence-corrected chi connectivity index (χ0v) is 10.0. The molecule has 0 spiro atoms. The Labute approximate surface area is 99.2 Å². The highest BCUT2D eigenvalue weighted by Gasteiger charge is 2.40. The average Bonchev–Trinajstić information content (AvgIpc) is 2.17. The van der Waals surface area contributed by atoms with Gasteiger partial charge in [-0.3, -0.25) is 4.79 Å². The third-order valence-electron chi connectivity index (χ3n) is 2.72. The van der Waals surface area contributed by atoms with Crippen LogP contribution in [0.4, 0.5) is 0 Å². The largest absolute Gasteiger partial charge is 0.481 e. The van der Waals surface area contributed by atoms with Crippen LogP contribution in [-0.2, 0) is 4.79 Å². The van der Waals surface area contributed by atoms with Crippen LogP contribution in [0.25, 0.3) is 0 Å². The van der Waals surface area contributed by atoms with Gasteiger partial charge in [0.15, 0.2) is 0 Å². The molecular formula is C12H15NO2S. The molecule has 1 aromatic rings. The maximum atomic E-state index is 10.8. The van der Waals surface area contributed by atoms with Gasteiger partial charge >= 0.3 is 5.97 Å². The van der Waals surface area contributed by atoms with Gasteiger partial charge in [0.25, 0.3) is 0 Å². The van der Waals surface area contributed by atoms with E-state index < -0.39 is 5.97 Å². The first-order valence-corrected chi connectivity index (χ1v) is 6.10. The molecule has 1 aromatic carbocycles. The molecule has 0 radical (unpaired) electrons. The maximum Gasteiger partial charge on any atom is 0.304 e. The van der Waals surface area contributed by atoms with Gasteiger partial charge in [0.05, 0.1) is 11.2 Å². The van der Waals surface area contributed by atoms with Gasteiger partial charge in [0.2, 0.25) is 0 Å². The van der Waals surface area contributed by atoms with E-state index in [9.17, 15) is 4.79 Å². The van der Waals surface area contributed by atoms with Crippen molar-refractivity contribution in [2.24, 2.45) is 0 Å². The number of hydrogen-bond acceptors (Lipinski definition) is 3. The lowest BCUT2D eigenvalue weighted by molar-refractivity contribution is -0.138. The SMILES string of the molecule is Cc1ccc(SC2(CC(=O)O)CNC2)cc1. The molecule has 4 heteroatoms. The van der Waals surface area contributed by atoms with E-state index in [0.717, 1.165) is 18.0 Å². The van der Waals surface area contributed by atoms with Crippen LogP contribution in [0.5, 0.6) is 0 Å². The van der Waals surface area contributed by atoms with Crippen LogP contribution in [0.2, 0.25) is 0 Å². The van der Waals surface area contributed by atoms with Crippen molar-refractivity contribution in [3.8, 4) is 0 Å². The number of rotatable bonds is 4. The summed E-state index contributed by atoms with van der Waals surface area (Å²) in [4.78, 5) is 12.0. The second-order valence-corrected chi connectivity index (χ2v) is 5.81. The smallest absolute Gasteiger partial charge is 0.304 e. The number of carbonyl (C=O) groups is 1. The standard InChI is InChI=1S/C12H15NO2S/c1-9-2-4-10(5-3-9)16-12(6-11(14)15)7-13-8-12/h2-5,13H,6-8H2,1H3,(H,14,15). The number of carboxylic acid groups (broad SMARTS) is 1. The summed E-state index contributed by atoms with van der Waals surface area (Å²) >= 11 is 1.67. The minimum atomic E-state index is -0.721. The Kier molecular flexibility index (Phi) is 3.21. The molecule has 1 aliphatic heterocycles. The Bertz CT molecular complexity index is 385. The number of carboxylic acids is 1. The summed E-state index contributed by atoms with van der Waals surface area (Å²) in [5, 5.41) is 12.0. The normalized spacial score (nSPS) is 17.8. The fraction of sp³-hybridized carbons (Fsp3) is 0.417. The molecular weight excluding hydrogens is 222 g/mol. The summed E-state index contributed by atoms with van der Waals surface area (Å²) in [6.45, 7) is 3.60. The second kappa shape index (κ2) is 4.47. The predicted molar refractivity (Wildman–Crippen MR) is 64.9 cm³/mol. The quantitative estimate of drug-likeness (QED) is 0.839. The highest BCUT2D eigenvalue weighted by atomic mass is 32.2. The van der Waals surface area contributed by atoms with E-state index in [0.29, 0.717) is 0 Å². The molecule has 1 fully saturated rings. The highest BCUT2D eigenvalue weighted by molar-refractivity contribution is 8.00. The van der Waals surface area contributed by atoms with Crippen LogP contribution in [-0.4, -0.2) is 28.9 Å². The molecule has 0 saturated carbocycles. The molecule has 1 aliphatic rings. The molecule has 2 rings (SSSR count). The summed E-state index contributed by atoms with van der Waals surface area (Å²) in [7, 11) is 0. The lowest BCUT2D eigenvalue weighted by atomic mass is 9.98. The van der Waals surface area contributed by atoms with Crippen molar-refractivity contribution in [3.63, 3.8) is 0 Å². The Morgan fingerprint density at radius 2 is 2.06 bits per heavy atom. The molecule has 0 amide bonds. The third-order valence-corrected chi connectivity index (χ3v) is 4.10. The molecule has 0 aliphatic carbocycles. The Hall–Kier alpha value is -1.00. The van der Waals surface area contributed by atoms with Gasteiger partial charge in [-0.05, 0) is 19.1 Å². The van der Waals surface area contributed by atoms with Crippen molar-refractivity contribution < 1.29 is 9.90 Å². The molecule has 2 N–H and O–H groups in total. The predicted octanol–water partition coefficient (Wildman–Crippen LogP) is 1.90. The van der Waals surface area contributed by atoms with Gasteiger partial charge in [-0.25, -0.2) is 0 Å². The molecule has 0 aromatic heterocycles. The summed E-state index contributed by atoms with van der Waals surface area (Å²) in [6, 6.07) is 8.23. The summed E-state index contributed by atoms with van der Waals surface area (Å²) < 4.78 is -0.152. The van der Waals surface area contributed by atoms with E-state index >= 15 is 0 Å². The fourth-order valence-electron chi connectivity index (χ4n) is 1.77. The van der Waals surface area contributed by atoms with E-state index in [1.807, 2.05) is 6.92 Å². The second-order valence-electron chi connectivity index (χ2n) is 4.27. The van der Waals surface area contributed by atoms with Crippen molar-refractivity contribution in [3.05, 3.63) is 29.8 Å². The van der Waals surface area contributed by atoms with E-state index in [-0.39, 0.29) is 11.2 Å². The lowest BCUT2D eigenvalue weighted by Crippen LogP contribution is -2.57. The average molecular weight is 237 g/mol. The monoisotopic (exact) mass is 237 g/mol. The van der Waals surface area contributed by atoms with Crippen molar-refractivity contribution in [2.75, 3.05) is 13.1 Å². The van der Waals surface area contributed by atoms with Gasteiger partial charge in [0.1, 0.15) is 0 Å². The van der Waals surface area contributed by atoms with Gasteiger partial charge in [-0.2, -0.15) is 0 Å². The summed E-state index contributed by atoms with van der Waals surface area (Å²) in [5.74, 6) is -0.721. The molecule has 86 valence electrons. The number of benzene rings is 1. The minimum absolute atomic E-state index is 0.152. The molecule has 1 heterocycles. The van der Waals surface area contributed by atoms with Crippen LogP contribution < -0.4 is 5.32 Å². The molecule has 16 heavy (non-hydrogen) atoms. The van der Waals surface area contributed by atoms with E-state index in [1.165, 1.54) is 5.56 Å². The van der Waals surface area contributed by atoms with Gasteiger partial charge < -0.3 is 10.4 Å². The Morgan fingerprint density at radius 3 is 2.50 bits per heavy atom. The first-order valence-electron chi connectivity index (χ1n) is 5.28. The molecule has 0 atom stereocenters. The van der Waals surface area contributed by atoms with Crippen molar-refractivity contribution in [1.29, 1.82) is 0 Å².